The Bertz CT molecular complexity index is 1090. The number of imide groups is 1. The average Bonchev–Trinajstić information content (AvgIpc) is 3.06. The molecule has 0 bridgehead atoms. The van der Waals surface area contributed by atoms with Gasteiger partial charge in [0.05, 0.1) is 11.5 Å². The highest BCUT2D eigenvalue weighted by atomic mass is 32.2. The van der Waals surface area contributed by atoms with Crippen LogP contribution in [0.3, 0.4) is 0 Å². The first kappa shape index (κ1) is 25.0. The number of amides is 3. The third kappa shape index (κ3) is 7.21. The minimum Gasteiger partial charge on any atom is -0.484 e. The third-order valence-corrected chi connectivity index (χ3v) is 5.53. The monoisotopic (exact) mass is 482 g/mol. The van der Waals surface area contributed by atoms with Crippen molar-refractivity contribution in [3.8, 4) is 5.75 Å². The van der Waals surface area contributed by atoms with Gasteiger partial charge >= 0.3 is 5.97 Å². The number of carbonyl (C=O) groups is 4. The molecule has 1 aliphatic heterocycles. The second-order valence-electron chi connectivity index (χ2n) is 8.12. The van der Waals surface area contributed by atoms with Gasteiger partial charge in [-0.05, 0) is 60.5 Å². The Labute approximate surface area is 202 Å². The van der Waals surface area contributed by atoms with Crippen LogP contribution in [0.5, 0.6) is 5.75 Å². The van der Waals surface area contributed by atoms with Gasteiger partial charge < -0.3 is 14.8 Å². The van der Waals surface area contributed by atoms with Crippen molar-refractivity contribution in [2.45, 2.75) is 20.8 Å². The van der Waals surface area contributed by atoms with Gasteiger partial charge in [0.1, 0.15) is 12.3 Å². The number of ether oxygens (including phenoxy) is 2. The molecule has 1 fully saturated rings. The Morgan fingerprint density at radius 3 is 2.38 bits per heavy atom. The van der Waals surface area contributed by atoms with E-state index in [1.54, 1.807) is 30.3 Å². The molecule has 0 aromatic heterocycles. The van der Waals surface area contributed by atoms with E-state index in [0.717, 1.165) is 22.2 Å². The lowest BCUT2D eigenvalue weighted by atomic mass is 10.2. The van der Waals surface area contributed by atoms with E-state index in [-0.39, 0.29) is 29.9 Å². The summed E-state index contributed by atoms with van der Waals surface area (Å²) in [5, 5.41) is 2.24. The highest BCUT2D eigenvalue weighted by Gasteiger charge is 2.36. The van der Waals surface area contributed by atoms with Gasteiger partial charge in [-0.15, -0.1) is 0 Å². The first-order chi connectivity index (χ1) is 16.2. The van der Waals surface area contributed by atoms with E-state index < -0.39 is 23.7 Å². The van der Waals surface area contributed by atoms with Crippen LogP contribution in [0.2, 0.25) is 0 Å². The molecule has 9 heteroatoms. The molecule has 0 atom stereocenters. The molecular weight excluding hydrogens is 456 g/mol. The van der Waals surface area contributed by atoms with Crippen LogP contribution in [-0.2, 0) is 19.1 Å². The SMILES string of the molecule is Cc1ccc(NC(=O)COc2ccc(/C=C3/SC(=O)N(CC(=O)OCC(C)C)C3=O)cc2)cc1. The van der Waals surface area contributed by atoms with E-state index in [1.807, 2.05) is 45.0 Å². The maximum absolute atomic E-state index is 12.5. The Morgan fingerprint density at radius 2 is 1.74 bits per heavy atom. The van der Waals surface area contributed by atoms with Crippen molar-refractivity contribution in [2.75, 3.05) is 25.1 Å². The summed E-state index contributed by atoms with van der Waals surface area (Å²) in [7, 11) is 0. The van der Waals surface area contributed by atoms with Crippen molar-refractivity contribution in [3.05, 3.63) is 64.6 Å². The average molecular weight is 483 g/mol. The number of nitrogens with zero attached hydrogens (tertiary/aromatic N) is 1. The van der Waals surface area contributed by atoms with Crippen molar-refractivity contribution in [2.24, 2.45) is 5.92 Å². The molecule has 0 spiro atoms. The van der Waals surface area contributed by atoms with Gasteiger partial charge in [-0.25, -0.2) is 0 Å². The summed E-state index contributed by atoms with van der Waals surface area (Å²) in [6.07, 6.45) is 1.57. The van der Waals surface area contributed by atoms with Gasteiger partial charge in [-0.1, -0.05) is 43.7 Å². The largest absolute Gasteiger partial charge is 0.484 e. The fourth-order valence-electron chi connectivity index (χ4n) is 2.87. The van der Waals surface area contributed by atoms with Gasteiger partial charge in [0.2, 0.25) is 0 Å². The second-order valence-corrected chi connectivity index (χ2v) is 9.11. The Morgan fingerprint density at radius 1 is 1.06 bits per heavy atom. The first-order valence-electron chi connectivity index (χ1n) is 10.7. The lowest BCUT2D eigenvalue weighted by Gasteiger charge is -2.12. The maximum atomic E-state index is 12.5. The zero-order chi connectivity index (χ0) is 24.7. The molecule has 1 aliphatic rings. The number of hydrogen-bond donors (Lipinski definition) is 1. The second kappa shape index (κ2) is 11.5. The van der Waals surface area contributed by atoms with Crippen LogP contribution in [-0.4, -0.2) is 47.7 Å². The molecule has 2 aromatic carbocycles. The molecule has 2 aromatic rings. The highest BCUT2D eigenvalue weighted by Crippen LogP contribution is 2.32. The molecular formula is C25H26N2O6S. The number of carbonyl (C=O) groups excluding carboxylic acids is 4. The van der Waals surface area contributed by atoms with Crippen LogP contribution in [0.4, 0.5) is 10.5 Å². The third-order valence-electron chi connectivity index (χ3n) is 4.62. The van der Waals surface area contributed by atoms with Crippen molar-refractivity contribution in [1.29, 1.82) is 0 Å². The molecule has 0 unspecified atom stereocenters. The standard InChI is InChI=1S/C25H26N2O6S/c1-16(2)14-33-23(29)13-27-24(30)21(34-25(27)31)12-18-6-10-20(11-7-18)32-15-22(28)26-19-8-4-17(3)5-9-19/h4-12,16H,13-15H2,1-3H3,(H,26,28)/b21-12+. The van der Waals surface area contributed by atoms with E-state index in [0.29, 0.717) is 17.0 Å². The minimum absolute atomic E-state index is 0.154. The maximum Gasteiger partial charge on any atom is 0.326 e. The highest BCUT2D eigenvalue weighted by molar-refractivity contribution is 8.18. The van der Waals surface area contributed by atoms with Crippen LogP contribution < -0.4 is 10.1 Å². The van der Waals surface area contributed by atoms with Gasteiger partial charge in [-0.3, -0.25) is 24.1 Å². The molecule has 0 saturated carbocycles. The number of hydrogen-bond acceptors (Lipinski definition) is 7. The quantitative estimate of drug-likeness (QED) is 0.421. The normalized spacial score (nSPS) is 14.6. The first-order valence-corrected chi connectivity index (χ1v) is 11.5. The molecule has 1 saturated heterocycles. The number of rotatable bonds is 9. The minimum atomic E-state index is -0.620. The lowest BCUT2D eigenvalue weighted by Crippen LogP contribution is -2.34. The number of benzene rings is 2. The predicted molar refractivity (Wildman–Crippen MR) is 130 cm³/mol. The fraction of sp³-hybridized carbons (Fsp3) is 0.280. The zero-order valence-corrected chi connectivity index (χ0v) is 20.0. The van der Waals surface area contributed by atoms with Crippen molar-refractivity contribution in [3.63, 3.8) is 0 Å². The Hall–Kier alpha value is -3.59. The van der Waals surface area contributed by atoms with Crippen LogP contribution in [0, 0.1) is 12.8 Å². The van der Waals surface area contributed by atoms with Crippen molar-refractivity contribution in [1.82, 2.24) is 4.90 Å². The Balaban J connectivity index is 1.53. The van der Waals surface area contributed by atoms with E-state index in [2.05, 4.69) is 5.32 Å². The van der Waals surface area contributed by atoms with E-state index in [9.17, 15) is 19.2 Å². The summed E-state index contributed by atoms with van der Waals surface area (Å²) in [5.41, 5.74) is 2.46. The summed E-state index contributed by atoms with van der Waals surface area (Å²) in [6.45, 7) is 5.42. The van der Waals surface area contributed by atoms with Gasteiger partial charge in [0.15, 0.2) is 6.61 Å². The van der Waals surface area contributed by atoms with E-state index in [1.165, 1.54) is 0 Å². The summed E-state index contributed by atoms with van der Waals surface area (Å²) < 4.78 is 10.6. The molecule has 3 rings (SSSR count). The van der Waals surface area contributed by atoms with Crippen LogP contribution in [0.15, 0.2) is 53.4 Å². The van der Waals surface area contributed by atoms with Gasteiger partial charge in [-0.2, -0.15) is 0 Å². The molecule has 0 radical (unpaired) electrons. The number of nitrogens with one attached hydrogen (secondary N) is 1. The van der Waals surface area contributed by atoms with E-state index >= 15 is 0 Å². The molecule has 3 amide bonds. The molecule has 0 aliphatic carbocycles. The zero-order valence-electron chi connectivity index (χ0n) is 19.2. The number of thioether (sulfide) groups is 1. The Kier molecular flexibility index (Phi) is 8.48. The van der Waals surface area contributed by atoms with Crippen LogP contribution in [0.25, 0.3) is 6.08 Å². The number of anilines is 1. The number of aryl methyl sites for hydroxylation is 1. The topological polar surface area (TPSA) is 102 Å². The summed E-state index contributed by atoms with van der Waals surface area (Å²) >= 11 is 0.770. The van der Waals surface area contributed by atoms with Gasteiger partial charge in [0.25, 0.3) is 17.1 Å². The van der Waals surface area contributed by atoms with Crippen molar-refractivity contribution < 1.29 is 28.7 Å². The molecule has 1 heterocycles. The number of esters is 1. The lowest BCUT2D eigenvalue weighted by molar-refractivity contribution is -0.147. The van der Waals surface area contributed by atoms with Gasteiger partial charge in [0, 0.05) is 5.69 Å². The fourth-order valence-corrected chi connectivity index (χ4v) is 3.70. The smallest absolute Gasteiger partial charge is 0.326 e. The molecule has 178 valence electrons. The van der Waals surface area contributed by atoms with Crippen LogP contribution >= 0.6 is 11.8 Å². The van der Waals surface area contributed by atoms with E-state index in [4.69, 9.17) is 9.47 Å². The summed E-state index contributed by atoms with van der Waals surface area (Å²) in [6, 6.07) is 14.2. The summed E-state index contributed by atoms with van der Waals surface area (Å²) in [4.78, 5) is 49.8. The van der Waals surface area contributed by atoms with Crippen LogP contribution in [0.1, 0.15) is 25.0 Å². The molecule has 34 heavy (non-hydrogen) atoms. The van der Waals surface area contributed by atoms with Crippen molar-refractivity contribution >= 4 is 46.5 Å². The molecule has 8 nitrogen and oxygen atoms in total. The predicted octanol–water partition coefficient (Wildman–Crippen LogP) is 4.25. The molecule has 1 N–H and O–H groups in total. The summed E-state index contributed by atoms with van der Waals surface area (Å²) in [5.74, 6) is -0.797.